The van der Waals surface area contributed by atoms with Gasteiger partial charge in [-0.25, -0.2) is 14.2 Å². The summed E-state index contributed by atoms with van der Waals surface area (Å²) >= 11 is 1.39. The van der Waals surface area contributed by atoms with Crippen LogP contribution in [0.5, 0.6) is 0 Å². The fourth-order valence-corrected chi connectivity index (χ4v) is 4.43. The van der Waals surface area contributed by atoms with Gasteiger partial charge in [0.15, 0.2) is 0 Å². The highest BCUT2D eigenvalue weighted by Crippen LogP contribution is 2.29. The highest BCUT2D eigenvalue weighted by atomic mass is 32.1. The minimum absolute atomic E-state index is 0.0518. The van der Waals surface area contributed by atoms with E-state index in [1.54, 1.807) is 23.5 Å². The lowest BCUT2D eigenvalue weighted by atomic mass is 10.2. The van der Waals surface area contributed by atoms with Gasteiger partial charge in [-0.15, -0.1) is 17.3 Å². The number of nitrogens with one attached hydrogen (secondary N) is 1. The van der Waals surface area contributed by atoms with E-state index in [9.17, 15) is 14.4 Å². The number of carbonyl (C=O) groups excluding carboxylic acids is 1. The number of carbonyl (C=O) groups is 1. The average molecular weight is 390 g/mol. The zero-order chi connectivity index (χ0) is 19.6. The zero-order valence-corrected chi connectivity index (χ0v) is 16.4. The van der Waals surface area contributed by atoms with Crippen LogP contribution in [0.3, 0.4) is 0 Å². The first-order chi connectivity index (χ1) is 13.0. The zero-order valence-electron chi connectivity index (χ0n) is 15.6. The molecule has 2 aromatic heterocycles. The predicted molar refractivity (Wildman–Crippen MR) is 104 cm³/mol. The molecule has 144 valence electrons. The van der Waals surface area contributed by atoms with Crippen molar-refractivity contribution in [3.05, 3.63) is 31.3 Å². The quantitative estimate of drug-likeness (QED) is 0.737. The number of urea groups is 1. The molecule has 3 rings (SSSR count). The molecular formula is C18H22N4O4S. The maximum atomic E-state index is 13.0. The summed E-state index contributed by atoms with van der Waals surface area (Å²) in [6.45, 7) is 5.94. The first-order valence-electron chi connectivity index (χ1n) is 8.66. The molecule has 0 atom stereocenters. The minimum Gasteiger partial charge on any atom is -0.383 e. The molecule has 0 unspecified atom stereocenters. The number of hydrogen-bond donors (Lipinski definition) is 1. The second kappa shape index (κ2) is 7.98. The highest BCUT2D eigenvalue weighted by Gasteiger charge is 2.24. The molecule has 0 saturated carbocycles. The van der Waals surface area contributed by atoms with E-state index in [1.165, 1.54) is 15.9 Å². The number of amides is 2. The largest absolute Gasteiger partial charge is 0.383 e. The summed E-state index contributed by atoms with van der Waals surface area (Å²) in [4.78, 5) is 41.0. The second-order valence-corrected chi connectivity index (χ2v) is 7.31. The van der Waals surface area contributed by atoms with E-state index in [0.717, 1.165) is 10.4 Å². The molecule has 2 amide bonds. The first kappa shape index (κ1) is 19.2. The molecule has 3 heterocycles. The maximum Gasteiger partial charge on any atom is 0.333 e. The van der Waals surface area contributed by atoms with Gasteiger partial charge in [0.1, 0.15) is 4.83 Å². The molecule has 0 spiro atoms. The van der Waals surface area contributed by atoms with Gasteiger partial charge in [-0.1, -0.05) is 5.92 Å². The number of fused-ring (bicyclic) bond motifs is 1. The molecule has 0 aromatic carbocycles. The number of hydrogen-bond acceptors (Lipinski definition) is 5. The van der Waals surface area contributed by atoms with Crippen LogP contribution in [0.1, 0.15) is 17.4 Å². The summed E-state index contributed by atoms with van der Waals surface area (Å²) in [5.41, 5.74) is 0.0837. The van der Waals surface area contributed by atoms with Crippen molar-refractivity contribution in [3.63, 3.8) is 0 Å². The van der Waals surface area contributed by atoms with E-state index >= 15 is 0 Å². The lowest BCUT2D eigenvalue weighted by Gasteiger charge is -2.12. The Kier molecular flexibility index (Phi) is 5.68. The van der Waals surface area contributed by atoms with Crippen LogP contribution < -0.4 is 16.6 Å². The van der Waals surface area contributed by atoms with Crippen molar-refractivity contribution < 1.29 is 9.53 Å². The van der Waals surface area contributed by atoms with E-state index in [-0.39, 0.29) is 23.8 Å². The molecule has 0 aliphatic carbocycles. The summed E-state index contributed by atoms with van der Waals surface area (Å²) in [5, 5.41) is 3.29. The van der Waals surface area contributed by atoms with Gasteiger partial charge in [0, 0.05) is 25.1 Å². The molecule has 2 aromatic rings. The van der Waals surface area contributed by atoms with E-state index in [4.69, 9.17) is 4.74 Å². The third kappa shape index (κ3) is 3.50. The fourth-order valence-electron chi connectivity index (χ4n) is 3.10. The maximum absolute atomic E-state index is 13.0. The number of methoxy groups -OCH3 is 1. The van der Waals surface area contributed by atoms with Crippen LogP contribution in [0.15, 0.2) is 9.59 Å². The van der Waals surface area contributed by atoms with Crippen molar-refractivity contribution in [2.75, 3.05) is 26.8 Å². The van der Waals surface area contributed by atoms with Gasteiger partial charge in [-0.3, -0.25) is 9.36 Å². The lowest BCUT2D eigenvalue weighted by molar-refractivity contribution is 0.186. The molecule has 1 aliphatic rings. The standard InChI is InChI=1S/C18H22N4O4S/c1-4-5-7-21-15(23)14-12(2)13(11-20-8-6-19-17(20)24)27-16(14)22(18(21)25)9-10-26-3/h6-11H2,1-3H3,(H,19,24). The number of rotatable bonds is 6. The van der Waals surface area contributed by atoms with E-state index in [2.05, 4.69) is 17.2 Å². The van der Waals surface area contributed by atoms with Crippen molar-refractivity contribution in [2.24, 2.45) is 0 Å². The third-order valence-corrected chi connectivity index (χ3v) is 5.91. The molecule has 8 nitrogen and oxygen atoms in total. The summed E-state index contributed by atoms with van der Waals surface area (Å²) in [6.07, 6.45) is 0. The van der Waals surface area contributed by atoms with Gasteiger partial charge in [-0.2, -0.15) is 0 Å². The number of nitrogens with zero attached hydrogens (tertiary/aromatic N) is 3. The van der Waals surface area contributed by atoms with Crippen LogP contribution in [0.4, 0.5) is 4.79 Å². The Bertz CT molecular complexity index is 1050. The lowest BCUT2D eigenvalue weighted by Crippen LogP contribution is -2.40. The van der Waals surface area contributed by atoms with E-state index in [0.29, 0.717) is 43.0 Å². The molecule has 0 bridgehead atoms. The SMILES string of the molecule is CC#CCn1c(=O)c2c(C)c(CN3CCNC3=O)sc2n(CCOC)c1=O. The normalized spacial score (nSPS) is 13.7. The van der Waals surface area contributed by atoms with Crippen molar-refractivity contribution in [2.45, 2.75) is 33.5 Å². The molecule has 1 saturated heterocycles. The smallest absolute Gasteiger partial charge is 0.333 e. The molecule has 27 heavy (non-hydrogen) atoms. The average Bonchev–Trinajstić information content (AvgIpc) is 3.19. The van der Waals surface area contributed by atoms with Gasteiger partial charge < -0.3 is 15.0 Å². The van der Waals surface area contributed by atoms with Crippen molar-refractivity contribution >= 4 is 27.6 Å². The Balaban J connectivity index is 2.18. The van der Waals surface area contributed by atoms with Gasteiger partial charge in [0.05, 0.1) is 31.6 Å². The van der Waals surface area contributed by atoms with Crippen LogP contribution in [-0.2, 0) is 24.4 Å². The van der Waals surface area contributed by atoms with Gasteiger partial charge in [0.25, 0.3) is 5.56 Å². The molecule has 0 radical (unpaired) electrons. The Hall–Kier alpha value is -2.57. The van der Waals surface area contributed by atoms with Crippen LogP contribution >= 0.6 is 11.3 Å². The predicted octanol–water partition coefficient (Wildman–Crippen LogP) is 0.728. The highest BCUT2D eigenvalue weighted by molar-refractivity contribution is 7.18. The van der Waals surface area contributed by atoms with Crippen LogP contribution in [-0.4, -0.2) is 46.9 Å². The molecule has 1 aliphatic heterocycles. The van der Waals surface area contributed by atoms with Crippen LogP contribution in [0, 0.1) is 18.8 Å². The van der Waals surface area contributed by atoms with Crippen LogP contribution in [0.2, 0.25) is 0 Å². The molecule has 1 N–H and O–H groups in total. The molecule has 1 fully saturated rings. The Labute approximate surface area is 160 Å². The van der Waals surface area contributed by atoms with Gasteiger partial charge >= 0.3 is 11.7 Å². The monoisotopic (exact) mass is 390 g/mol. The fraction of sp³-hybridized carbons (Fsp3) is 0.500. The van der Waals surface area contributed by atoms with Crippen LogP contribution in [0.25, 0.3) is 10.2 Å². The minimum atomic E-state index is -0.390. The Morgan fingerprint density at radius 2 is 2.04 bits per heavy atom. The van der Waals surface area contributed by atoms with Gasteiger partial charge in [-0.05, 0) is 19.4 Å². The van der Waals surface area contributed by atoms with Crippen molar-refractivity contribution in [1.82, 2.24) is 19.4 Å². The number of thiophene rings is 1. The van der Waals surface area contributed by atoms with Crippen molar-refractivity contribution in [3.8, 4) is 11.8 Å². The summed E-state index contributed by atoms with van der Waals surface area (Å²) in [7, 11) is 1.57. The summed E-state index contributed by atoms with van der Waals surface area (Å²) in [5.74, 6) is 5.52. The van der Waals surface area contributed by atoms with E-state index in [1.807, 2.05) is 6.92 Å². The third-order valence-electron chi connectivity index (χ3n) is 4.61. The number of aromatic nitrogens is 2. The molecule has 9 heteroatoms. The Morgan fingerprint density at radius 1 is 1.26 bits per heavy atom. The summed E-state index contributed by atoms with van der Waals surface area (Å²) < 4.78 is 7.87. The Morgan fingerprint density at radius 3 is 2.67 bits per heavy atom. The summed E-state index contributed by atoms with van der Waals surface area (Å²) in [6, 6.07) is -0.112. The number of aryl methyl sites for hydroxylation is 1. The topological polar surface area (TPSA) is 85.6 Å². The second-order valence-electron chi connectivity index (χ2n) is 6.23. The number of ether oxygens (including phenoxy) is 1. The van der Waals surface area contributed by atoms with E-state index < -0.39 is 0 Å². The van der Waals surface area contributed by atoms with Crippen molar-refractivity contribution in [1.29, 1.82) is 0 Å². The van der Waals surface area contributed by atoms with Gasteiger partial charge in [0.2, 0.25) is 0 Å². The first-order valence-corrected chi connectivity index (χ1v) is 9.48. The molecular weight excluding hydrogens is 368 g/mol.